The van der Waals surface area contributed by atoms with E-state index in [0.717, 1.165) is 0 Å². The van der Waals surface area contributed by atoms with Crippen LogP contribution in [0.4, 0.5) is 4.79 Å². The Kier molecular flexibility index (Phi) is 3.27. The van der Waals surface area contributed by atoms with E-state index >= 15 is 0 Å². The fraction of sp³-hybridized carbons (Fsp3) is 0.750. The van der Waals surface area contributed by atoms with Crippen molar-refractivity contribution in [3.05, 3.63) is 0 Å². The largest absolute Gasteiger partial charge is 0.448 e. The van der Waals surface area contributed by atoms with E-state index in [2.05, 4.69) is 10.5 Å². The lowest BCUT2D eigenvalue weighted by molar-refractivity contribution is 0.157. The number of hydrogen-bond acceptors (Lipinski definition) is 4. The molecule has 66 valence electrons. The van der Waals surface area contributed by atoms with Gasteiger partial charge in [-0.15, -0.1) is 0 Å². The summed E-state index contributed by atoms with van der Waals surface area (Å²) in [4.78, 5) is 9.95. The number of ether oxygens (including phenoxy) is 1. The summed E-state index contributed by atoms with van der Waals surface area (Å²) in [5.41, 5.74) is 4.55. The first-order valence-electron chi connectivity index (χ1n) is 2.72. The van der Waals surface area contributed by atoms with Crippen molar-refractivity contribution in [1.82, 2.24) is 0 Å². The van der Waals surface area contributed by atoms with Gasteiger partial charge in [0.15, 0.2) is 0 Å². The van der Waals surface area contributed by atoms with Gasteiger partial charge in [0.1, 0.15) is 11.9 Å². The number of rotatable bonds is 3. The minimum atomic E-state index is -4.13. The van der Waals surface area contributed by atoms with E-state index in [0.29, 0.717) is 0 Å². The van der Waals surface area contributed by atoms with Crippen LogP contribution < -0.4 is 5.73 Å². The molecule has 0 fully saturated rings. The van der Waals surface area contributed by atoms with Crippen LogP contribution in [0.25, 0.3) is 0 Å². The molecule has 0 heterocycles. The van der Waals surface area contributed by atoms with Crippen LogP contribution in [0.15, 0.2) is 0 Å². The molecule has 0 aromatic rings. The Morgan fingerprint density at radius 2 is 2.18 bits per heavy atom. The first-order valence-corrected chi connectivity index (χ1v) is 4.23. The highest BCUT2D eigenvalue weighted by Crippen LogP contribution is 1.97. The second-order valence-electron chi connectivity index (χ2n) is 1.96. The minimum Gasteiger partial charge on any atom is -0.448 e. The lowest BCUT2D eigenvalue weighted by Crippen LogP contribution is -2.26. The molecule has 3 N–H and O–H groups in total. The molecular formula is C4H9NO5S. The number of nitrogens with two attached hydrogens (primary N) is 1. The van der Waals surface area contributed by atoms with E-state index < -0.39 is 28.1 Å². The first kappa shape index (κ1) is 10.2. The van der Waals surface area contributed by atoms with Crippen LogP contribution in [0, 0.1) is 0 Å². The monoisotopic (exact) mass is 183 g/mol. The van der Waals surface area contributed by atoms with Gasteiger partial charge in [0.05, 0.1) is 0 Å². The molecule has 0 spiro atoms. The number of carbonyl (C=O) groups is 1. The summed E-state index contributed by atoms with van der Waals surface area (Å²) in [5.74, 6) is 0. The molecule has 1 atom stereocenters. The summed E-state index contributed by atoms with van der Waals surface area (Å²) in [7, 11) is -4.13. The van der Waals surface area contributed by atoms with Gasteiger partial charge in [-0.05, 0) is 6.92 Å². The molecule has 0 aliphatic heterocycles. The van der Waals surface area contributed by atoms with Gasteiger partial charge in [-0.1, -0.05) is 0 Å². The van der Waals surface area contributed by atoms with E-state index in [9.17, 15) is 13.2 Å². The normalized spacial score (nSPS) is 14.0. The average molecular weight is 183 g/mol. The zero-order valence-electron chi connectivity index (χ0n) is 5.85. The molecule has 1 unspecified atom stereocenters. The highest BCUT2D eigenvalue weighted by molar-refractivity contribution is 7.86. The SMILES string of the molecule is CC(COC(N)=O)S(=O)(=O)O. The van der Waals surface area contributed by atoms with Crippen molar-refractivity contribution in [3.63, 3.8) is 0 Å². The lowest BCUT2D eigenvalue weighted by Gasteiger charge is -2.06. The maximum atomic E-state index is 10.3. The summed E-state index contributed by atoms with van der Waals surface area (Å²) in [6.07, 6.45) is -1.07. The molecular weight excluding hydrogens is 174 g/mol. The quantitative estimate of drug-likeness (QED) is 0.566. The van der Waals surface area contributed by atoms with Gasteiger partial charge in [-0.25, -0.2) is 4.79 Å². The highest BCUT2D eigenvalue weighted by atomic mass is 32.2. The molecule has 0 bridgehead atoms. The fourth-order valence-electron chi connectivity index (χ4n) is 0.285. The molecule has 0 saturated carbocycles. The van der Waals surface area contributed by atoms with E-state index in [1.807, 2.05) is 0 Å². The van der Waals surface area contributed by atoms with Gasteiger partial charge in [-0.2, -0.15) is 8.42 Å². The Morgan fingerprint density at radius 3 is 2.45 bits per heavy atom. The topological polar surface area (TPSA) is 107 Å². The zero-order chi connectivity index (χ0) is 9.07. The van der Waals surface area contributed by atoms with E-state index in [-0.39, 0.29) is 0 Å². The van der Waals surface area contributed by atoms with Crippen LogP contribution in [-0.2, 0) is 14.9 Å². The number of carbonyl (C=O) groups excluding carboxylic acids is 1. The van der Waals surface area contributed by atoms with Crippen molar-refractivity contribution in [2.24, 2.45) is 5.73 Å². The van der Waals surface area contributed by atoms with Gasteiger partial charge in [-0.3, -0.25) is 4.55 Å². The van der Waals surface area contributed by atoms with Crippen LogP contribution in [0.5, 0.6) is 0 Å². The van der Waals surface area contributed by atoms with E-state index in [4.69, 9.17) is 4.55 Å². The van der Waals surface area contributed by atoms with Crippen LogP contribution in [-0.4, -0.2) is 30.9 Å². The van der Waals surface area contributed by atoms with Crippen molar-refractivity contribution in [2.75, 3.05) is 6.61 Å². The Labute approximate surface area is 64.1 Å². The molecule has 0 aliphatic rings. The fourth-order valence-corrected chi connectivity index (χ4v) is 0.525. The van der Waals surface area contributed by atoms with E-state index in [1.165, 1.54) is 6.92 Å². The summed E-state index contributed by atoms with van der Waals surface area (Å²) in [6, 6.07) is 0. The van der Waals surface area contributed by atoms with Crippen molar-refractivity contribution >= 4 is 16.2 Å². The van der Waals surface area contributed by atoms with Gasteiger partial charge >= 0.3 is 6.09 Å². The Balaban J connectivity index is 3.90. The van der Waals surface area contributed by atoms with Crippen LogP contribution >= 0.6 is 0 Å². The van der Waals surface area contributed by atoms with Gasteiger partial charge in [0.25, 0.3) is 10.1 Å². The number of primary amides is 1. The van der Waals surface area contributed by atoms with Crippen molar-refractivity contribution < 1.29 is 22.5 Å². The third kappa shape index (κ3) is 4.57. The summed E-state index contributed by atoms with van der Waals surface area (Å²) in [5, 5.41) is -1.14. The third-order valence-corrected chi connectivity index (χ3v) is 2.12. The predicted octanol–water partition coefficient (Wildman–Crippen LogP) is -0.642. The predicted molar refractivity (Wildman–Crippen MR) is 36.5 cm³/mol. The second kappa shape index (κ2) is 3.54. The van der Waals surface area contributed by atoms with Crippen LogP contribution in [0.1, 0.15) is 6.92 Å². The maximum Gasteiger partial charge on any atom is 0.404 e. The Bertz CT molecular complexity index is 233. The summed E-state index contributed by atoms with van der Waals surface area (Å²) < 4.78 is 33.0. The molecule has 7 heteroatoms. The molecule has 6 nitrogen and oxygen atoms in total. The average Bonchev–Trinajstić information content (AvgIpc) is 1.80. The molecule has 0 aliphatic carbocycles. The van der Waals surface area contributed by atoms with Crippen molar-refractivity contribution in [1.29, 1.82) is 0 Å². The van der Waals surface area contributed by atoms with Crippen molar-refractivity contribution in [2.45, 2.75) is 12.2 Å². The highest BCUT2D eigenvalue weighted by Gasteiger charge is 2.18. The number of hydrogen-bond donors (Lipinski definition) is 2. The zero-order valence-corrected chi connectivity index (χ0v) is 6.67. The number of amides is 1. The standard InChI is InChI=1S/C4H9NO5S/c1-3(11(7,8)9)2-10-4(5)6/h3H,2H2,1H3,(H2,5,6)(H,7,8,9). The Morgan fingerprint density at radius 1 is 1.73 bits per heavy atom. The van der Waals surface area contributed by atoms with Gasteiger partial charge < -0.3 is 10.5 Å². The molecule has 0 saturated heterocycles. The smallest absolute Gasteiger partial charge is 0.404 e. The summed E-state index contributed by atoms with van der Waals surface area (Å²) >= 11 is 0. The molecule has 0 aromatic heterocycles. The van der Waals surface area contributed by atoms with Crippen LogP contribution in [0.2, 0.25) is 0 Å². The Hall–Kier alpha value is -0.820. The molecule has 0 rings (SSSR count). The van der Waals surface area contributed by atoms with E-state index in [1.54, 1.807) is 0 Å². The molecule has 11 heavy (non-hydrogen) atoms. The second-order valence-corrected chi connectivity index (χ2v) is 3.79. The van der Waals surface area contributed by atoms with Gasteiger partial charge in [0, 0.05) is 0 Å². The molecule has 0 aromatic carbocycles. The van der Waals surface area contributed by atoms with Crippen molar-refractivity contribution in [3.8, 4) is 0 Å². The lowest BCUT2D eigenvalue weighted by atomic mass is 10.5. The molecule has 0 radical (unpaired) electrons. The maximum absolute atomic E-state index is 10.3. The van der Waals surface area contributed by atoms with Gasteiger partial charge in [0.2, 0.25) is 0 Å². The molecule has 1 amide bonds. The van der Waals surface area contributed by atoms with Crippen LogP contribution in [0.3, 0.4) is 0 Å². The summed E-state index contributed by atoms with van der Waals surface area (Å²) in [6.45, 7) is 0.756. The first-order chi connectivity index (χ1) is 4.84. The third-order valence-electron chi connectivity index (χ3n) is 0.969. The minimum absolute atomic E-state index is 0.436.